The van der Waals surface area contributed by atoms with Gasteiger partial charge in [-0.3, -0.25) is 0 Å². The molecule has 1 aromatic rings. The van der Waals surface area contributed by atoms with E-state index in [2.05, 4.69) is 11.0 Å². The van der Waals surface area contributed by atoms with Crippen molar-refractivity contribution in [3.05, 3.63) is 12.3 Å². The first-order valence-electron chi connectivity index (χ1n) is 3.13. The summed E-state index contributed by atoms with van der Waals surface area (Å²) >= 11 is 0. The zero-order valence-electron chi connectivity index (χ0n) is 6.08. The number of nitrogens with zero attached hydrogens (tertiary/aromatic N) is 2. The Labute approximate surface area is 67.9 Å². The van der Waals surface area contributed by atoms with Crippen molar-refractivity contribution < 1.29 is 13.5 Å². The number of terminal acetylenes is 1. The van der Waals surface area contributed by atoms with E-state index < -0.39 is 6.55 Å². The van der Waals surface area contributed by atoms with Gasteiger partial charge in [-0.2, -0.15) is 18.6 Å². The van der Waals surface area contributed by atoms with Gasteiger partial charge in [0, 0.05) is 6.07 Å². The van der Waals surface area contributed by atoms with Gasteiger partial charge in [0.25, 0.3) is 0 Å². The number of alkyl halides is 2. The van der Waals surface area contributed by atoms with E-state index in [4.69, 9.17) is 11.2 Å². The lowest BCUT2D eigenvalue weighted by molar-refractivity contribution is 0.0467. The largest absolute Gasteiger partial charge is 0.465 e. The van der Waals surface area contributed by atoms with Crippen molar-refractivity contribution in [3.63, 3.8) is 0 Å². The van der Waals surface area contributed by atoms with Gasteiger partial charge in [0.05, 0.1) is 6.20 Å². The maximum Gasteiger partial charge on any atom is 0.336 e. The molecule has 0 aliphatic rings. The van der Waals surface area contributed by atoms with Crippen LogP contribution >= 0.6 is 0 Å². The molecule has 1 aromatic heterocycles. The van der Waals surface area contributed by atoms with Crippen molar-refractivity contribution in [2.75, 3.05) is 6.61 Å². The van der Waals surface area contributed by atoms with E-state index in [0.29, 0.717) is 4.68 Å². The minimum absolute atomic E-state index is 0.0250. The Morgan fingerprint density at radius 1 is 1.75 bits per heavy atom. The fourth-order valence-electron chi connectivity index (χ4n) is 0.679. The zero-order valence-corrected chi connectivity index (χ0v) is 6.08. The maximum absolute atomic E-state index is 12.1. The smallest absolute Gasteiger partial charge is 0.336 e. The predicted octanol–water partition coefficient (Wildman–Crippen LogP) is 1.29. The third-order valence-electron chi connectivity index (χ3n) is 1.12. The van der Waals surface area contributed by atoms with Gasteiger partial charge >= 0.3 is 6.55 Å². The van der Waals surface area contributed by atoms with Crippen molar-refractivity contribution in [2.45, 2.75) is 6.55 Å². The summed E-state index contributed by atoms with van der Waals surface area (Å²) in [5, 5.41) is 3.34. The summed E-state index contributed by atoms with van der Waals surface area (Å²) in [5.74, 6) is 2.14. The van der Waals surface area contributed by atoms with Crippen molar-refractivity contribution in [1.29, 1.82) is 0 Å². The first-order chi connectivity index (χ1) is 5.75. The van der Waals surface area contributed by atoms with Crippen molar-refractivity contribution >= 4 is 0 Å². The van der Waals surface area contributed by atoms with Crippen molar-refractivity contribution in [3.8, 4) is 18.2 Å². The zero-order chi connectivity index (χ0) is 8.97. The summed E-state index contributed by atoms with van der Waals surface area (Å²) in [5.41, 5.74) is 0. The lowest BCUT2D eigenvalue weighted by Crippen LogP contribution is -2.05. The second-order valence-electron chi connectivity index (χ2n) is 1.88. The van der Waals surface area contributed by atoms with E-state index in [-0.39, 0.29) is 12.5 Å². The Bertz CT molecular complexity index is 290. The third kappa shape index (κ3) is 1.72. The Hall–Kier alpha value is -1.57. The first-order valence-corrected chi connectivity index (χ1v) is 3.13. The van der Waals surface area contributed by atoms with Crippen LogP contribution in [0.25, 0.3) is 0 Å². The summed E-state index contributed by atoms with van der Waals surface area (Å²) in [4.78, 5) is 0. The van der Waals surface area contributed by atoms with Crippen LogP contribution in [-0.4, -0.2) is 16.4 Å². The van der Waals surface area contributed by atoms with Gasteiger partial charge in [-0.25, -0.2) is 0 Å². The fourth-order valence-corrected chi connectivity index (χ4v) is 0.679. The third-order valence-corrected chi connectivity index (χ3v) is 1.12. The molecule has 5 heteroatoms. The van der Waals surface area contributed by atoms with Crippen LogP contribution in [0.1, 0.15) is 6.55 Å². The first kappa shape index (κ1) is 8.53. The number of ether oxygens (including phenoxy) is 1. The van der Waals surface area contributed by atoms with Crippen LogP contribution in [0.5, 0.6) is 5.88 Å². The van der Waals surface area contributed by atoms with Gasteiger partial charge in [-0.05, 0) is 0 Å². The van der Waals surface area contributed by atoms with E-state index in [1.165, 1.54) is 12.3 Å². The van der Waals surface area contributed by atoms with Gasteiger partial charge in [0.1, 0.15) is 0 Å². The second-order valence-corrected chi connectivity index (χ2v) is 1.88. The standard InChI is InChI=1S/C7H6F2N2O/c1-2-5-12-6-3-4-10-11(6)7(8)9/h1,3-4,7H,5H2. The maximum atomic E-state index is 12.1. The summed E-state index contributed by atoms with van der Waals surface area (Å²) in [6.45, 7) is -2.74. The molecular weight excluding hydrogens is 166 g/mol. The highest BCUT2D eigenvalue weighted by Gasteiger charge is 2.11. The van der Waals surface area contributed by atoms with Gasteiger partial charge < -0.3 is 4.74 Å². The molecule has 0 aromatic carbocycles. The van der Waals surface area contributed by atoms with Crippen LogP contribution in [0, 0.1) is 12.3 Å². The molecule has 0 atom stereocenters. The number of hydrogen-bond donors (Lipinski definition) is 0. The highest BCUT2D eigenvalue weighted by atomic mass is 19.3. The van der Waals surface area contributed by atoms with Crippen LogP contribution < -0.4 is 4.74 Å². The number of rotatable bonds is 3. The quantitative estimate of drug-likeness (QED) is 0.642. The molecule has 0 spiro atoms. The molecule has 0 aliphatic carbocycles. The minimum atomic E-state index is -2.70. The van der Waals surface area contributed by atoms with Crippen LogP contribution in [0.3, 0.4) is 0 Å². The molecule has 0 bridgehead atoms. The van der Waals surface area contributed by atoms with E-state index in [1.54, 1.807) is 0 Å². The summed E-state index contributed by atoms with van der Waals surface area (Å²) in [6, 6.07) is 1.32. The molecule has 0 aliphatic heterocycles. The van der Waals surface area contributed by atoms with E-state index in [1.807, 2.05) is 0 Å². The van der Waals surface area contributed by atoms with E-state index >= 15 is 0 Å². The molecule has 0 amide bonds. The number of aromatic nitrogens is 2. The molecule has 0 N–H and O–H groups in total. The molecule has 12 heavy (non-hydrogen) atoms. The van der Waals surface area contributed by atoms with E-state index in [0.717, 1.165) is 0 Å². The van der Waals surface area contributed by atoms with Gasteiger partial charge in [0.15, 0.2) is 6.61 Å². The molecule has 0 fully saturated rings. The fraction of sp³-hybridized carbons (Fsp3) is 0.286. The molecule has 1 heterocycles. The van der Waals surface area contributed by atoms with Crippen molar-refractivity contribution in [2.24, 2.45) is 0 Å². The average molecular weight is 172 g/mol. The normalized spacial score (nSPS) is 9.83. The molecule has 0 unspecified atom stereocenters. The second kappa shape index (κ2) is 3.72. The summed E-state index contributed by atoms with van der Waals surface area (Å²) in [7, 11) is 0. The molecule has 1 rings (SSSR count). The topological polar surface area (TPSA) is 27.1 Å². The molecule has 0 saturated carbocycles. The van der Waals surface area contributed by atoms with E-state index in [9.17, 15) is 8.78 Å². The lowest BCUT2D eigenvalue weighted by atomic mass is 10.7. The van der Waals surface area contributed by atoms with Crippen molar-refractivity contribution in [1.82, 2.24) is 9.78 Å². The molecule has 3 nitrogen and oxygen atoms in total. The number of halogens is 2. The summed E-state index contributed by atoms with van der Waals surface area (Å²) < 4.78 is 29.3. The van der Waals surface area contributed by atoms with Crippen LogP contribution in [0.15, 0.2) is 12.3 Å². The highest BCUT2D eigenvalue weighted by Crippen LogP contribution is 2.17. The lowest BCUT2D eigenvalue weighted by Gasteiger charge is -2.04. The molecule has 0 saturated heterocycles. The monoisotopic (exact) mass is 172 g/mol. The highest BCUT2D eigenvalue weighted by molar-refractivity contribution is 5.08. The molecular formula is C7H6F2N2O. The predicted molar refractivity (Wildman–Crippen MR) is 37.8 cm³/mol. The Morgan fingerprint density at radius 3 is 3.08 bits per heavy atom. The van der Waals surface area contributed by atoms with Gasteiger partial charge in [-0.15, -0.1) is 6.42 Å². The summed E-state index contributed by atoms with van der Waals surface area (Å²) in [6.07, 6.45) is 6.10. The van der Waals surface area contributed by atoms with Gasteiger partial charge in [-0.1, -0.05) is 5.92 Å². The van der Waals surface area contributed by atoms with Gasteiger partial charge in [0.2, 0.25) is 5.88 Å². The Morgan fingerprint density at radius 2 is 2.50 bits per heavy atom. The minimum Gasteiger partial charge on any atom is -0.465 e. The Balaban J connectivity index is 2.72. The Kier molecular flexibility index (Phi) is 2.64. The molecule has 64 valence electrons. The SMILES string of the molecule is C#CCOc1ccnn1C(F)F. The van der Waals surface area contributed by atoms with Crippen LogP contribution in [0.4, 0.5) is 8.78 Å². The van der Waals surface area contributed by atoms with Crippen LogP contribution in [-0.2, 0) is 0 Å². The molecule has 0 radical (unpaired) electrons. The average Bonchev–Trinajstić information content (AvgIpc) is 2.48. The number of hydrogen-bond acceptors (Lipinski definition) is 2. The van der Waals surface area contributed by atoms with Crippen LogP contribution in [0.2, 0.25) is 0 Å².